The minimum Gasteiger partial charge on any atom is -0.355 e. The van der Waals surface area contributed by atoms with Crippen molar-refractivity contribution in [1.82, 2.24) is 9.97 Å². The van der Waals surface area contributed by atoms with Crippen LogP contribution in [0.1, 0.15) is 6.42 Å². The Morgan fingerprint density at radius 3 is 3.06 bits per heavy atom. The highest BCUT2D eigenvalue weighted by atomic mass is 79.9. The van der Waals surface area contributed by atoms with Crippen LogP contribution in [0.2, 0.25) is 0 Å². The molecule has 0 aromatic carbocycles. The predicted octanol–water partition coefficient (Wildman–Crippen LogP) is 1.47. The zero-order chi connectivity index (χ0) is 11.4. The van der Waals surface area contributed by atoms with E-state index in [0.717, 1.165) is 29.1 Å². The molecule has 0 bridgehead atoms. The van der Waals surface area contributed by atoms with Crippen molar-refractivity contribution in [2.75, 3.05) is 34.9 Å². The van der Waals surface area contributed by atoms with E-state index in [1.54, 1.807) is 0 Å². The van der Waals surface area contributed by atoms with E-state index in [1.165, 1.54) is 18.5 Å². The third kappa shape index (κ3) is 2.58. The van der Waals surface area contributed by atoms with E-state index in [1.807, 2.05) is 11.8 Å². The molecule has 16 heavy (non-hydrogen) atoms. The van der Waals surface area contributed by atoms with Crippen molar-refractivity contribution in [3.8, 4) is 0 Å². The molecular weight excluding hydrogens is 290 g/mol. The van der Waals surface area contributed by atoms with E-state index in [4.69, 9.17) is 5.84 Å². The molecule has 0 aliphatic carbocycles. The number of rotatable bonds is 2. The number of nitrogens with zero attached hydrogens (tertiary/aromatic N) is 3. The van der Waals surface area contributed by atoms with Crippen molar-refractivity contribution in [1.29, 1.82) is 0 Å². The summed E-state index contributed by atoms with van der Waals surface area (Å²) in [5.41, 5.74) is 2.56. The Hall–Kier alpha value is -0.530. The molecule has 7 heteroatoms. The molecular formula is C9H14BrN5S. The quantitative estimate of drug-likeness (QED) is 0.637. The molecule has 0 spiro atoms. The van der Waals surface area contributed by atoms with Crippen LogP contribution in [0.4, 0.5) is 11.6 Å². The van der Waals surface area contributed by atoms with Crippen LogP contribution in [0.5, 0.6) is 0 Å². The normalized spacial score (nSPS) is 17.0. The van der Waals surface area contributed by atoms with Gasteiger partial charge >= 0.3 is 0 Å². The first-order valence-electron chi connectivity index (χ1n) is 5.12. The molecule has 1 aromatic rings. The van der Waals surface area contributed by atoms with Gasteiger partial charge in [0.05, 0.1) is 0 Å². The molecule has 1 fully saturated rings. The second-order valence-electron chi connectivity index (χ2n) is 3.46. The fraction of sp³-hybridized carbons (Fsp3) is 0.556. The van der Waals surface area contributed by atoms with Crippen LogP contribution in [-0.2, 0) is 0 Å². The highest BCUT2D eigenvalue weighted by Crippen LogP contribution is 2.29. The van der Waals surface area contributed by atoms with Crippen LogP contribution in [0.15, 0.2) is 10.8 Å². The van der Waals surface area contributed by atoms with Gasteiger partial charge in [-0.05, 0) is 28.1 Å². The van der Waals surface area contributed by atoms with E-state index >= 15 is 0 Å². The number of anilines is 2. The Balaban J connectivity index is 2.24. The van der Waals surface area contributed by atoms with Crippen LogP contribution in [0.25, 0.3) is 0 Å². The van der Waals surface area contributed by atoms with Gasteiger partial charge in [0.25, 0.3) is 0 Å². The van der Waals surface area contributed by atoms with Gasteiger partial charge in [-0.15, -0.1) is 0 Å². The molecule has 0 unspecified atom stereocenters. The van der Waals surface area contributed by atoms with E-state index in [9.17, 15) is 0 Å². The molecule has 2 heterocycles. The molecule has 0 amide bonds. The van der Waals surface area contributed by atoms with Crippen LogP contribution in [0, 0.1) is 0 Å². The van der Waals surface area contributed by atoms with Crippen LogP contribution in [-0.4, -0.2) is 34.6 Å². The van der Waals surface area contributed by atoms with Crippen LogP contribution >= 0.6 is 27.7 Å². The van der Waals surface area contributed by atoms with Gasteiger partial charge < -0.3 is 10.3 Å². The Kier molecular flexibility index (Phi) is 4.25. The SMILES string of the molecule is NNc1ncnc(N2CCCSCC2)c1Br. The van der Waals surface area contributed by atoms with Crippen molar-refractivity contribution in [2.24, 2.45) is 5.84 Å². The van der Waals surface area contributed by atoms with Gasteiger partial charge in [-0.25, -0.2) is 15.8 Å². The van der Waals surface area contributed by atoms with Crippen LogP contribution in [0.3, 0.4) is 0 Å². The highest BCUT2D eigenvalue weighted by molar-refractivity contribution is 9.10. The zero-order valence-corrected chi connectivity index (χ0v) is 11.2. The zero-order valence-electron chi connectivity index (χ0n) is 8.82. The number of hydrazine groups is 1. The second kappa shape index (κ2) is 5.70. The molecule has 1 saturated heterocycles. The summed E-state index contributed by atoms with van der Waals surface area (Å²) in [7, 11) is 0. The fourth-order valence-corrected chi connectivity index (χ4v) is 3.10. The summed E-state index contributed by atoms with van der Waals surface area (Å²) in [6.45, 7) is 2.05. The average molecular weight is 304 g/mol. The summed E-state index contributed by atoms with van der Waals surface area (Å²) in [6.07, 6.45) is 2.72. The van der Waals surface area contributed by atoms with Crippen molar-refractivity contribution in [3.63, 3.8) is 0 Å². The first kappa shape index (κ1) is 11.9. The molecule has 1 aliphatic rings. The van der Waals surface area contributed by atoms with E-state index < -0.39 is 0 Å². The predicted molar refractivity (Wildman–Crippen MR) is 71.7 cm³/mol. The maximum Gasteiger partial charge on any atom is 0.159 e. The summed E-state index contributed by atoms with van der Waals surface area (Å²) in [6, 6.07) is 0. The molecule has 5 nitrogen and oxygen atoms in total. The largest absolute Gasteiger partial charge is 0.355 e. The van der Waals surface area contributed by atoms with E-state index in [0.29, 0.717) is 5.82 Å². The van der Waals surface area contributed by atoms with Gasteiger partial charge in [0.1, 0.15) is 16.6 Å². The maximum atomic E-state index is 5.39. The summed E-state index contributed by atoms with van der Waals surface area (Å²) in [4.78, 5) is 10.6. The second-order valence-corrected chi connectivity index (χ2v) is 5.47. The smallest absolute Gasteiger partial charge is 0.159 e. The fourth-order valence-electron chi connectivity index (χ4n) is 1.64. The first-order chi connectivity index (χ1) is 7.83. The standard InChI is InChI=1S/C9H14BrN5S/c10-7-8(14-11)12-6-13-9(7)15-2-1-4-16-5-3-15/h6H,1-5,11H2,(H,12,13,14). The minimum absolute atomic E-state index is 0.627. The van der Waals surface area contributed by atoms with Crippen LogP contribution < -0.4 is 16.2 Å². The number of nitrogen functional groups attached to an aromatic ring is 1. The number of hydrogen-bond acceptors (Lipinski definition) is 6. The molecule has 3 N–H and O–H groups in total. The van der Waals surface area contributed by atoms with E-state index in [-0.39, 0.29) is 0 Å². The number of nitrogens with two attached hydrogens (primary N) is 1. The van der Waals surface area contributed by atoms with Gasteiger partial charge in [-0.1, -0.05) is 0 Å². The molecule has 1 aromatic heterocycles. The third-order valence-electron chi connectivity index (χ3n) is 2.43. The number of hydrogen-bond donors (Lipinski definition) is 2. The number of halogens is 1. The number of aromatic nitrogens is 2. The lowest BCUT2D eigenvalue weighted by atomic mass is 10.4. The molecule has 0 saturated carbocycles. The van der Waals surface area contributed by atoms with Gasteiger partial charge in [-0.2, -0.15) is 11.8 Å². The van der Waals surface area contributed by atoms with Gasteiger partial charge in [0, 0.05) is 18.8 Å². The highest BCUT2D eigenvalue weighted by Gasteiger charge is 2.16. The van der Waals surface area contributed by atoms with Gasteiger partial charge in [0.15, 0.2) is 5.82 Å². The number of nitrogens with one attached hydrogen (secondary N) is 1. The summed E-state index contributed by atoms with van der Waals surface area (Å²) in [5.74, 6) is 9.30. The lowest BCUT2D eigenvalue weighted by Crippen LogP contribution is -2.27. The van der Waals surface area contributed by atoms with E-state index in [2.05, 4.69) is 36.2 Å². The topological polar surface area (TPSA) is 67.1 Å². The Morgan fingerprint density at radius 2 is 2.25 bits per heavy atom. The monoisotopic (exact) mass is 303 g/mol. The number of thioether (sulfide) groups is 1. The lowest BCUT2D eigenvalue weighted by Gasteiger charge is -2.22. The molecule has 0 atom stereocenters. The Labute approximate surface area is 107 Å². The lowest BCUT2D eigenvalue weighted by molar-refractivity contribution is 0.796. The minimum atomic E-state index is 0.627. The summed E-state index contributed by atoms with van der Waals surface area (Å²) in [5, 5.41) is 0. The molecule has 2 rings (SSSR count). The van der Waals surface area contributed by atoms with Crippen molar-refractivity contribution >= 4 is 39.3 Å². The average Bonchev–Trinajstić information content (AvgIpc) is 2.58. The van der Waals surface area contributed by atoms with Gasteiger partial charge in [0.2, 0.25) is 0 Å². The Morgan fingerprint density at radius 1 is 1.38 bits per heavy atom. The van der Waals surface area contributed by atoms with Crippen molar-refractivity contribution in [3.05, 3.63) is 10.8 Å². The van der Waals surface area contributed by atoms with Crippen molar-refractivity contribution < 1.29 is 0 Å². The first-order valence-corrected chi connectivity index (χ1v) is 7.07. The summed E-state index contributed by atoms with van der Waals surface area (Å²) < 4.78 is 0.837. The Bertz CT molecular complexity index is 354. The maximum absolute atomic E-state index is 5.39. The van der Waals surface area contributed by atoms with Crippen molar-refractivity contribution in [2.45, 2.75) is 6.42 Å². The third-order valence-corrected chi connectivity index (χ3v) is 4.21. The van der Waals surface area contributed by atoms with Gasteiger partial charge in [-0.3, -0.25) is 0 Å². The molecule has 0 radical (unpaired) electrons. The summed E-state index contributed by atoms with van der Waals surface area (Å²) >= 11 is 5.48. The molecule has 88 valence electrons. The molecule has 1 aliphatic heterocycles.